The second-order valence-electron chi connectivity index (χ2n) is 3.79. The number of amides is 1. The summed E-state index contributed by atoms with van der Waals surface area (Å²) in [5, 5.41) is 7.33. The van der Waals surface area contributed by atoms with E-state index in [-0.39, 0.29) is 39.6 Å². The summed E-state index contributed by atoms with van der Waals surface area (Å²) in [7, 11) is -3.95. The van der Waals surface area contributed by atoms with Gasteiger partial charge in [-0.05, 0) is 19.1 Å². The number of sulfonamides is 1. The highest BCUT2D eigenvalue weighted by Crippen LogP contribution is 2.36. The number of primary sulfonamides is 1. The van der Waals surface area contributed by atoms with E-state index in [1.165, 1.54) is 12.1 Å². The number of rotatable bonds is 6. The molecule has 0 aliphatic carbocycles. The molecule has 0 spiro atoms. The van der Waals surface area contributed by atoms with Gasteiger partial charge in [-0.25, -0.2) is 13.6 Å². The Kier molecular flexibility index (Phi) is 6.07. The zero-order valence-electron chi connectivity index (χ0n) is 10.7. The number of carbonyl (C=O) groups is 1. The molecule has 1 aromatic rings. The third-order valence-electron chi connectivity index (χ3n) is 2.28. The quantitative estimate of drug-likeness (QED) is 0.820. The standard InChI is InChI=1S/C11H14Cl2N2O4S/c1-2-15-9(16)5-6-19-7-3-4-8(20(14,17)18)11(13)10(7)12/h3-4H,2,5-6H2,1H3,(H,15,16)(H2,14,17,18). The van der Waals surface area contributed by atoms with Crippen molar-refractivity contribution in [3.05, 3.63) is 22.2 Å². The van der Waals surface area contributed by atoms with Crippen LogP contribution in [0.1, 0.15) is 13.3 Å². The molecule has 112 valence electrons. The molecule has 0 aliphatic rings. The highest BCUT2D eigenvalue weighted by molar-refractivity contribution is 7.89. The summed E-state index contributed by atoms with van der Waals surface area (Å²) in [5.41, 5.74) is 0. The molecule has 20 heavy (non-hydrogen) atoms. The minimum atomic E-state index is -3.95. The van der Waals surface area contributed by atoms with Crippen LogP contribution in [0.4, 0.5) is 0 Å². The van der Waals surface area contributed by atoms with Crippen LogP contribution in [0.25, 0.3) is 0 Å². The number of carbonyl (C=O) groups excluding carboxylic acids is 1. The lowest BCUT2D eigenvalue weighted by Gasteiger charge is -2.11. The van der Waals surface area contributed by atoms with Crippen LogP contribution in [0.5, 0.6) is 5.75 Å². The monoisotopic (exact) mass is 340 g/mol. The SMILES string of the molecule is CCNC(=O)CCOc1ccc(S(N)(=O)=O)c(Cl)c1Cl. The molecule has 0 bridgehead atoms. The first-order chi connectivity index (χ1) is 9.27. The van der Waals surface area contributed by atoms with Gasteiger partial charge in [-0.2, -0.15) is 0 Å². The van der Waals surface area contributed by atoms with E-state index in [1.807, 2.05) is 0 Å². The van der Waals surface area contributed by atoms with Crippen molar-refractivity contribution in [3.8, 4) is 5.75 Å². The summed E-state index contributed by atoms with van der Waals surface area (Å²) in [6, 6.07) is 2.54. The Balaban J connectivity index is 2.79. The lowest BCUT2D eigenvalue weighted by Crippen LogP contribution is -2.24. The Morgan fingerprint density at radius 1 is 1.35 bits per heavy atom. The summed E-state index contributed by atoms with van der Waals surface area (Å²) in [5.74, 6) is 0.0317. The maximum absolute atomic E-state index is 11.2. The van der Waals surface area contributed by atoms with E-state index in [9.17, 15) is 13.2 Å². The molecule has 0 saturated heterocycles. The van der Waals surface area contributed by atoms with Gasteiger partial charge >= 0.3 is 0 Å². The maximum Gasteiger partial charge on any atom is 0.239 e. The number of ether oxygens (including phenoxy) is 1. The van der Waals surface area contributed by atoms with Gasteiger partial charge in [0.15, 0.2) is 0 Å². The molecule has 0 atom stereocenters. The summed E-state index contributed by atoms with van der Waals surface area (Å²) >= 11 is 11.7. The Hall–Kier alpha value is -1.02. The molecule has 0 heterocycles. The first kappa shape index (κ1) is 17.0. The molecular weight excluding hydrogens is 327 g/mol. The van der Waals surface area contributed by atoms with Gasteiger partial charge in [0, 0.05) is 6.54 Å². The van der Waals surface area contributed by atoms with E-state index < -0.39 is 10.0 Å². The van der Waals surface area contributed by atoms with Crippen molar-refractivity contribution < 1.29 is 17.9 Å². The molecule has 9 heteroatoms. The predicted molar refractivity (Wildman–Crippen MR) is 76.6 cm³/mol. The Morgan fingerprint density at radius 3 is 2.55 bits per heavy atom. The molecule has 1 rings (SSSR count). The van der Waals surface area contributed by atoms with Gasteiger partial charge in [-0.15, -0.1) is 0 Å². The fraction of sp³-hybridized carbons (Fsp3) is 0.364. The van der Waals surface area contributed by atoms with Crippen LogP contribution in [0.15, 0.2) is 17.0 Å². The Bertz CT molecular complexity index is 605. The summed E-state index contributed by atoms with van der Waals surface area (Å²) in [4.78, 5) is 10.9. The molecule has 1 aromatic carbocycles. The fourth-order valence-electron chi connectivity index (χ4n) is 1.38. The van der Waals surface area contributed by atoms with Gasteiger partial charge < -0.3 is 10.1 Å². The molecule has 1 amide bonds. The fourth-order valence-corrected chi connectivity index (χ4v) is 2.75. The van der Waals surface area contributed by atoms with Crippen LogP contribution < -0.4 is 15.2 Å². The molecule has 0 unspecified atom stereocenters. The van der Waals surface area contributed by atoms with E-state index in [2.05, 4.69) is 5.32 Å². The molecule has 0 aromatic heterocycles. The topological polar surface area (TPSA) is 98.5 Å². The Morgan fingerprint density at radius 2 is 2.00 bits per heavy atom. The number of halogens is 2. The highest BCUT2D eigenvalue weighted by Gasteiger charge is 2.18. The van der Waals surface area contributed by atoms with Gasteiger partial charge in [0.1, 0.15) is 15.7 Å². The van der Waals surface area contributed by atoms with Gasteiger partial charge in [0.05, 0.1) is 18.1 Å². The maximum atomic E-state index is 11.2. The largest absolute Gasteiger partial charge is 0.491 e. The van der Waals surface area contributed by atoms with Crippen molar-refractivity contribution in [2.75, 3.05) is 13.2 Å². The van der Waals surface area contributed by atoms with Gasteiger partial charge in [-0.3, -0.25) is 4.79 Å². The zero-order chi connectivity index (χ0) is 15.3. The van der Waals surface area contributed by atoms with E-state index in [1.54, 1.807) is 6.92 Å². The van der Waals surface area contributed by atoms with Crippen LogP contribution in [-0.4, -0.2) is 27.5 Å². The third-order valence-corrected chi connectivity index (χ3v) is 4.21. The third kappa shape index (κ3) is 4.52. The molecule has 0 fully saturated rings. The number of benzene rings is 1. The van der Waals surface area contributed by atoms with Gasteiger partial charge in [0.25, 0.3) is 0 Å². The molecule has 6 nitrogen and oxygen atoms in total. The summed E-state index contributed by atoms with van der Waals surface area (Å²) < 4.78 is 27.8. The number of nitrogens with two attached hydrogens (primary N) is 1. The molecule has 0 radical (unpaired) electrons. The van der Waals surface area contributed by atoms with E-state index in [4.69, 9.17) is 33.1 Å². The summed E-state index contributed by atoms with van der Waals surface area (Å²) in [6.45, 7) is 2.44. The average molecular weight is 341 g/mol. The number of nitrogens with one attached hydrogen (secondary N) is 1. The van der Waals surface area contributed by atoms with Crippen molar-refractivity contribution >= 4 is 39.1 Å². The minimum Gasteiger partial charge on any atom is -0.491 e. The van der Waals surface area contributed by atoms with Crippen molar-refractivity contribution in [2.24, 2.45) is 5.14 Å². The van der Waals surface area contributed by atoms with Crippen molar-refractivity contribution in [3.63, 3.8) is 0 Å². The normalized spacial score (nSPS) is 11.2. The van der Waals surface area contributed by atoms with Crippen molar-refractivity contribution in [1.29, 1.82) is 0 Å². The van der Waals surface area contributed by atoms with E-state index in [0.717, 1.165) is 0 Å². The number of hydrogen-bond donors (Lipinski definition) is 2. The lowest BCUT2D eigenvalue weighted by molar-refractivity contribution is -0.121. The van der Waals surface area contributed by atoms with Crippen LogP contribution in [0.2, 0.25) is 10.0 Å². The Labute approximate surface area is 127 Å². The number of hydrogen-bond acceptors (Lipinski definition) is 4. The van der Waals surface area contributed by atoms with E-state index >= 15 is 0 Å². The highest BCUT2D eigenvalue weighted by atomic mass is 35.5. The first-order valence-corrected chi connectivity index (χ1v) is 7.98. The molecule has 0 saturated carbocycles. The molecule has 3 N–H and O–H groups in total. The smallest absolute Gasteiger partial charge is 0.239 e. The molecule has 0 aliphatic heterocycles. The van der Waals surface area contributed by atoms with Crippen LogP contribution in [0, 0.1) is 0 Å². The van der Waals surface area contributed by atoms with Crippen LogP contribution >= 0.6 is 23.2 Å². The van der Waals surface area contributed by atoms with Gasteiger partial charge in [-0.1, -0.05) is 23.2 Å². The zero-order valence-corrected chi connectivity index (χ0v) is 13.0. The minimum absolute atomic E-state index is 0.0610. The van der Waals surface area contributed by atoms with Crippen molar-refractivity contribution in [1.82, 2.24) is 5.32 Å². The lowest BCUT2D eigenvalue weighted by atomic mass is 10.3. The van der Waals surface area contributed by atoms with Crippen LogP contribution in [-0.2, 0) is 14.8 Å². The second kappa shape index (κ2) is 7.12. The molecular formula is C11H14Cl2N2O4S. The van der Waals surface area contributed by atoms with E-state index in [0.29, 0.717) is 6.54 Å². The second-order valence-corrected chi connectivity index (χ2v) is 6.07. The predicted octanol–water partition coefficient (Wildman–Crippen LogP) is 1.55. The first-order valence-electron chi connectivity index (χ1n) is 5.67. The average Bonchev–Trinajstić information content (AvgIpc) is 2.33. The van der Waals surface area contributed by atoms with Gasteiger partial charge in [0.2, 0.25) is 15.9 Å². The van der Waals surface area contributed by atoms with Crippen LogP contribution in [0.3, 0.4) is 0 Å². The van der Waals surface area contributed by atoms with Crippen molar-refractivity contribution in [2.45, 2.75) is 18.2 Å². The summed E-state index contributed by atoms with van der Waals surface area (Å²) in [6.07, 6.45) is 0.152.